The van der Waals surface area contributed by atoms with Gasteiger partial charge in [-0.25, -0.2) is 8.78 Å². The number of nitriles is 1. The molecular weight excluding hydrogens is 305 g/mol. The lowest BCUT2D eigenvalue weighted by atomic mass is 10.1. The Balaban J connectivity index is 3.43. The minimum atomic E-state index is -2.73. The van der Waals surface area contributed by atoms with Crippen molar-refractivity contribution in [2.45, 2.75) is 12.8 Å². The van der Waals surface area contributed by atoms with Crippen molar-refractivity contribution in [3.05, 3.63) is 31.2 Å². The van der Waals surface area contributed by atoms with Crippen LogP contribution >= 0.6 is 22.6 Å². The summed E-state index contributed by atoms with van der Waals surface area (Å²) in [6, 6.07) is 1.69. The third kappa shape index (κ3) is 2.09. The van der Waals surface area contributed by atoms with E-state index in [9.17, 15) is 13.6 Å². The summed E-state index contributed by atoms with van der Waals surface area (Å²) in [7, 11) is 0. The number of pyridine rings is 1. The molecule has 0 amide bonds. The van der Waals surface area contributed by atoms with Gasteiger partial charge in [0.25, 0.3) is 12.0 Å². The van der Waals surface area contributed by atoms with Crippen molar-refractivity contribution in [3.8, 4) is 6.07 Å². The van der Waals surface area contributed by atoms with Gasteiger partial charge in [0, 0.05) is 20.9 Å². The van der Waals surface area contributed by atoms with Crippen LogP contribution in [0.5, 0.6) is 0 Å². The van der Waals surface area contributed by atoms with Crippen molar-refractivity contribution < 1.29 is 8.78 Å². The topological polar surface area (TPSA) is 56.6 Å². The van der Waals surface area contributed by atoms with Gasteiger partial charge in [0.2, 0.25) is 0 Å². The molecule has 6 heteroatoms. The van der Waals surface area contributed by atoms with E-state index in [1.165, 1.54) is 6.20 Å². The molecule has 3 nitrogen and oxygen atoms in total. The summed E-state index contributed by atoms with van der Waals surface area (Å²) in [5.41, 5.74) is -1.10. The van der Waals surface area contributed by atoms with Crippen molar-refractivity contribution in [1.82, 2.24) is 4.98 Å². The molecule has 1 aromatic heterocycles. The number of halogens is 3. The van der Waals surface area contributed by atoms with Crippen LogP contribution in [0.4, 0.5) is 8.78 Å². The van der Waals surface area contributed by atoms with Gasteiger partial charge >= 0.3 is 0 Å². The number of nitrogens with zero attached hydrogens (tertiary/aromatic N) is 1. The van der Waals surface area contributed by atoms with Gasteiger partial charge in [-0.1, -0.05) is 0 Å². The van der Waals surface area contributed by atoms with Crippen LogP contribution in [0.25, 0.3) is 0 Å². The van der Waals surface area contributed by atoms with Crippen molar-refractivity contribution in [2.24, 2.45) is 0 Å². The largest absolute Gasteiger partial charge is 0.328 e. The van der Waals surface area contributed by atoms with E-state index in [1.54, 1.807) is 28.7 Å². The molecule has 0 unspecified atom stereocenters. The molecule has 0 saturated carbocycles. The van der Waals surface area contributed by atoms with E-state index in [-0.39, 0.29) is 21.1 Å². The molecule has 0 bridgehead atoms. The third-order valence-corrected chi connectivity index (χ3v) is 2.55. The highest BCUT2D eigenvalue weighted by molar-refractivity contribution is 14.1. The predicted octanol–water partition coefficient (Wildman–Crippen LogP) is 1.98. The summed E-state index contributed by atoms with van der Waals surface area (Å²) in [5.74, 6) is 0. The zero-order valence-electron chi connectivity index (χ0n) is 6.85. The Morgan fingerprint density at radius 1 is 1.64 bits per heavy atom. The van der Waals surface area contributed by atoms with Crippen LogP contribution in [0.1, 0.15) is 17.6 Å². The Labute approximate surface area is 91.9 Å². The fourth-order valence-electron chi connectivity index (χ4n) is 1.05. The second-order valence-electron chi connectivity index (χ2n) is 2.49. The molecule has 0 fully saturated rings. The van der Waals surface area contributed by atoms with Gasteiger partial charge < -0.3 is 4.98 Å². The van der Waals surface area contributed by atoms with Gasteiger partial charge in [-0.3, -0.25) is 4.79 Å². The number of nitrogens with one attached hydrogen (secondary N) is 1. The highest BCUT2D eigenvalue weighted by atomic mass is 127. The first-order valence-electron chi connectivity index (χ1n) is 3.63. The van der Waals surface area contributed by atoms with E-state index < -0.39 is 12.0 Å². The number of H-pyrrole nitrogens is 1. The molecule has 0 aromatic carbocycles. The average molecular weight is 310 g/mol. The minimum Gasteiger partial charge on any atom is -0.328 e. The van der Waals surface area contributed by atoms with E-state index in [2.05, 4.69) is 4.98 Å². The van der Waals surface area contributed by atoms with Gasteiger partial charge in [-0.2, -0.15) is 5.26 Å². The monoisotopic (exact) mass is 310 g/mol. The van der Waals surface area contributed by atoms with Crippen LogP contribution in [0, 0.1) is 14.9 Å². The van der Waals surface area contributed by atoms with Gasteiger partial charge in [0.1, 0.15) is 0 Å². The highest BCUT2D eigenvalue weighted by Crippen LogP contribution is 2.25. The normalized spacial score (nSPS) is 10.2. The standard InChI is InChI=1S/C8H5F2IN2O/c9-7(10)6-4(1-2-12)8(14)13-3-5(6)11/h3,7H,1H2,(H,13,14). The van der Waals surface area contributed by atoms with Crippen LogP contribution in [0.3, 0.4) is 0 Å². The molecule has 0 saturated heterocycles. The molecule has 1 rings (SSSR count). The Bertz CT molecular complexity index is 436. The highest BCUT2D eigenvalue weighted by Gasteiger charge is 2.19. The maximum Gasteiger partial charge on any atom is 0.265 e. The van der Waals surface area contributed by atoms with Crippen molar-refractivity contribution in [1.29, 1.82) is 5.26 Å². The molecule has 74 valence electrons. The molecule has 0 aliphatic heterocycles. The minimum absolute atomic E-state index is 0.144. The lowest BCUT2D eigenvalue weighted by molar-refractivity contribution is 0.149. The number of aromatic amines is 1. The van der Waals surface area contributed by atoms with Gasteiger partial charge in [-0.15, -0.1) is 0 Å². The van der Waals surface area contributed by atoms with Crippen LogP contribution in [0.2, 0.25) is 0 Å². The van der Waals surface area contributed by atoms with Crippen LogP contribution < -0.4 is 5.56 Å². The average Bonchev–Trinajstić information content (AvgIpc) is 2.11. The van der Waals surface area contributed by atoms with Gasteiger partial charge in [-0.05, 0) is 22.6 Å². The Hall–Kier alpha value is -0.970. The van der Waals surface area contributed by atoms with Crippen LogP contribution in [-0.2, 0) is 6.42 Å². The van der Waals surface area contributed by atoms with Crippen LogP contribution in [0.15, 0.2) is 11.0 Å². The smallest absolute Gasteiger partial charge is 0.265 e. The summed E-state index contributed by atoms with van der Waals surface area (Å²) in [6.45, 7) is 0. The van der Waals surface area contributed by atoms with E-state index >= 15 is 0 Å². The predicted molar refractivity (Wildman–Crippen MR) is 54.1 cm³/mol. The summed E-state index contributed by atoms with van der Waals surface area (Å²) >= 11 is 1.70. The first-order valence-corrected chi connectivity index (χ1v) is 4.71. The van der Waals surface area contributed by atoms with Crippen molar-refractivity contribution >= 4 is 22.6 Å². The second kappa shape index (κ2) is 4.50. The number of hydrogen-bond acceptors (Lipinski definition) is 2. The fraction of sp³-hybridized carbons (Fsp3) is 0.250. The molecule has 0 radical (unpaired) electrons. The molecule has 1 aromatic rings. The molecule has 1 N–H and O–H groups in total. The maximum atomic E-state index is 12.5. The number of hydrogen-bond donors (Lipinski definition) is 1. The van der Waals surface area contributed by atoms with Gasteiger partial charge in [0.05, 0.1) is 12.5 Å². The zero-order valence-corrected chi connectivity index (χ0v) is 9.01. The molecule has 0 spiro atoms. The quantitative estimate of drug-likeness (QED) is 0.849. The van der Waals surface area contributed by atoms with E-state index in [4.69, 9.17) is 5.26 Å². The van der Waals surface area contributed by atoms with Crippen LogP contribution in [-0.4, -0.2) is 4.98 Å². The maximum absolute atomic E-state index is 12.5. The van der Waals surface area contributed by atoms with E-state index in [0.717, 1.165) is 0 Å². The first kappa shape index (κ1) is 11.1. The van der Waals surface area contributed by atoms with Crippen molar-refractivity contribution in [2.75, 3.05) is 0 Å². The molecule has 14 heavy (non-hydrogen) atoms. The van der Waals surface area contributed by atoms with E-state index in [0.29, 0.717) is 0 Å². The number of alkyl halides is 2. The second-order valence-corrected chi connectivity index (χ2v) is 3.66. The Morgan fingerprint density at radius 2 is 2.29 bits per heavy atom. The Morgan fingerprint density at radius 3 is 2.79 bits per heavy atom. The number of aromatic nitrogens is 1. The van der Waals surface area contributed by atoms with E-state index in [1.807, 2.05) is 0 Å². The molecule has 1 heterocycles. The Kier molecular flexibility index (Phi) is 3.57. The summed E-state index contributed by atoms with van der Waals surface area (Å²) < 4.78 is 25.3. The number of rotatable bonds is 2. The molecule has 0 aliphatic rings. The molecule has 0 aliphatic carbocycles. The lowest BCUT2D eigenvalue weighted by Crippen LogP contribution is -2.16. The molecular formula is C8H5F2IN2O. The lowest BCUT2D eigenvalue weighted by Gasteiger charge is -2.06. The van der Waals surface area contributed by atoms with Gasteiger partial charge in [0.15, 0.2) is 0 Å². The molecule has 0 atom stereocenters. The summed E-state index contributed by atoms with van der Waals surface area (Å²) in [5, 5.41) is 8.39. The first-order chi connectivity index (χ1) is 6.57. The third-order valence-electron chi connectivity index (χ3n) is 1.66. The van der Waals surface area contributed by atoms with Crippen molar-refractivity contribution in [3.63, 3.8) is 0 Å². The fourth-order valence-corrected chi connectivity index (χ4v) is 1.77. The zero-order chi connectivity index (χ0) is 10.7. The summed E-state index contributed by atoms with van der Waals surface area (Å²) in [4.78, 5) is 13.4. The SMILES string of the molecule is N#CCc1c(C(F)F)c(I)c[nH]c1=O. The summed E-state index contributed by atoms with van der Waals surface area (Å²) in [6.07, 6.45) is -1.82.